The second kappa shape index (κ2) is 4.17. The van der Waals surface area contributed by atoms with E-state index in [9.17, 15) is 0 Å². The van der Waals surface area contributed by atoms with E-state index >= 15 is 0 Å². The van der Waals surface area contributed by atoms with Crippen molar-refractivity contribution in [3.05, 3.63) is 17.6 Å². The molecule has 1 aromatic heterocycles. The lowest BCUT2D eigenvalue weighted by atomic mass is 10.1. The molecule has 1 aliphatic rings. The minimum Gasteiger partial charge on any atom is -0.373 e. The molecule has 1 aromatic rings. The van der Waals surface area contributed by atoms with Gasteiger partial charge in [0.25, 0.3) is 0 Å². The van der Waals surface area contributed by atoms with Crippen molar-refractivity contribution < 1.29 is 0 Å². The highest BCUT2D eigenvalue weighted by atomic mass is 15.0. The fourth-order valence-corrected chi connectivity index (χ4v) is 1.69. The fraction of sp³-hybridized carbons (Fsp3) is 0.667. The van der Waals surface area contributed by atoms with Crippen molar-refractivity contribution in [3.8, 4) is 0 Å². The lowest BCUT2D eigenvalue weighted by Crippen LogP contribution is -2.06. The number of hydrogen-bond donors (Lipinski definition) is 1. The summed E-state index contributed by atoms with van der Waals surface area (Å²) in [5.41, 5.74) is 1.23. The van der Waals surface area contributed by atoms with Crippen LogP contribution in [0.2, 0.25) is 0 Å². The highest BCUT2D eigenvalue weighted by Crippen LogP contribution is 2.39. The maximum Gasteiger partial charge on any atom is 0.131 e. The smallest absolute Gasteiger partial charge is 0.131 e. The van der Waals surface area contributed by atoms with E-state index in [2.05, 4.69) is 35.2 Å². The summed E-state index contributed by atoms with van der Waals surface area (Å²) in [7, 11) is 1.91. The van der Waals surface area contributed by atoms with Gasteiger partial charge >= 0.3 is 0 Å². The Balaban J connectivity index is 2.24. The molecule has 1 saturated carbocycles. The zero-order chi connectivity index (χ0) is 10.8. The average Bonchev–Trinajstić information content (AvgIpc) is 2.99. The van der Waals surface area contributed by atoms with Crippen molar-refractivity contribution in [1.82, 2.24) is 9.97 Å². The largest absolute Gasteiger partial charge is 0.373 e. The van der Waals surface area contributed by atoms with Crippen LogP contribution in [0.3, 0.4) is 0 Å². The summed E-state index contributed by atoms with van der Waals surface area (Å²) in [5.74, 6) is 3.26. The normalized spacial score (nSPS) is 15.7. The maximum atomic E-state index is 4.63. The van der Waals surface area contributed by atoms with Crippen LogP contribution >= 0.6 is 0 Å². The molecule has 0 radical (unpaired) electrons. The number of rotatable bonds is 4. The highest BCUT2D eigenvalue weighted by Gasteiger charge is 2.26. The first-order valence-electron chi connectivity index (χ1n) is 5.74. The Bertz CT molecular complexity index is 343. The first-order valence-corrected chi connectivity index (χ1v) is 5.74. The number of nitrogens with zero attached hydrogens (tertiary/aromatic N) is 2. The Morgan fingerprint density at radius 1 is 1.40 bits per heavy atom. The summed E-state index contributed by atoms with van der Waals surface area (Å²) in [6.07, 6.45) is 3.55. The van der Waals surface area contributed by atoms with Gasteiger partial charge in [-0.1, -0.05) is 13.8 Å². The molecule has 0 saturated heterocycles. The number of nitrogens with one attached hydrogen (secondary N) is 1. The first-order chi connectivity index (χ1) is 7.19. The van der Waals surface area contributed by atoms with Crippen molar-refractivity contribution in [2.24, 2.45) is 5.92 Å². The molecule has 15 heavy (non-hydrogen) atoms. The SMILES string of the molecule is CNc1cc(C2CC2)nc(CC(C)C)n1. The molecule has 1 aliphatic carbocycles. The Morgan fingerprint density at radius 2 is 2.13 bits per heavy atom. The Labute approximate surface area is 91.3 Å². The summed E-state index contributed by atoms with van der Waals surface area (Å²) >= 11 is 0. The van der Waals surface area contributed by atoms with E-state index in [4.69, 9.17) is 0 Å². The Morgan fingerprint density at radius 3 is 2.67 bits per heavy atom. The minimum absolute atomic E-state index is 0.615. The van der Waals surface area contributed by atoms with Crippen LogP contribution in [0.1, 0.15) is 44.1 Å². The summed E-state index contributed by atoms with van der Waals surface area (Å²) in [5, 5.41) is 3.11. The number of hydrogen-bond acceptors (Lipinski definition) is 3. The molecule has 0 aliphatic heterocycles. The van der Waals surface area contributed by atoms with Crippen molar-refractivity contribution in [2.75, 3.05) is 12.4 Å². The zero-order valence-corrected chi connectivity index (χ0v) is 9.75. The van der Waals surface area contributed by atoms with E-state index in [1.54, 1.807) is 0 Å². The Hall–Kier alpha value is -1.12. The minimum atomic E-state index is 0.615. The molecule has 0 spiro atoms. The van der Waals surface area contributed by atoms with E-state index in [0.29, 0.717) is 11.8 Å². The highest BCUT2D eigenvalue weighted by molar-refractivity contribution is 5.37. The molecule has 0 amide bonds. The van der Waals surface area contributed by atoms with Crippen molar-refractivity contribution in [2.45, 2.75) is 39.0 Å². The lowest BCUT2D eigenvalue weighted by Gasteiger charge is -2.08. The molecule has 0 bridgehead atoms. The second-order valence-electron chi connectivity index (χ2n) is 4.72. The molecule has 1 heterocycles. The van der Waals surface area contributed by atoms with Gasteiger partial charge in [-0.3, -0.25) is 0 Å². The van der Waals surface area contributed by atoms with Gasteiger partial charge in [0, 0.05) is 31.1 Å². The van der Waals surface area contributed by atoms with Gasteiger partial charge in [-0.25, -0.2) is 9.97 Å². The molecule has 1 fully saturated rings. The molecule has 0 atom stereocenters. The van der Waals surface area contributed by atoms with Crippen molar-refractivity contribution in [3.63, 3.8) is 0 Å². The van der Waals surface area contributed by atoms with Gasteiger partial charge in [-0.05, 0) is 18.8 Å². The number of aromatic nitrogens is 2. The summed E-state index contributed by atoms with van der Waals surface area (Å²) in [6, 6.07) is 2.08. The third-order valence-corrected chi connectivity index (χ3v) is 2.63. The van der Waals surface area contributed by atoms with Gasteiger partial charge in [0.05, 0.1) is 0 Å². The van der Waals surface area contributed by atoms with E-state index in [-0.39, 0.29) is 0 Å². The molecule has 0 unspecified atom stereocenters. The van der Waals surface area contributed by atoms with Gasteiger partial charge < -0.3 is 5.32 Å². The zero-order valence-electron chi connectivity index (χ0n) is 9.75. The molecule has 3 heteroatoms. The van der Waals surface area contributed by atoms with Crippen LogP contribution in [0.25, 0.3) is 0 Å². The van der Waals surface area contributed by atoms with E-state index in [1.807, 2.05) is 7.05 Å². The van der Waals surface area contributed by atoms with Crippen molar-refractivity contribution in [1.29, 1.82) is 0 Å². The molecule has 2 rings (SSSR count). The van der Waals surface area contributed by atoms with Crippen LogP contribution in [-0.4, -0.2) is 17.0 Å². The van der Waals surface area contributed by atoms with Crippen LogP contribution in [0.15, 0.2) is 6.07 Å². The van der Waals surface area contributed by atoms with Gasteiger partial charge in [-0.2, -0.15) is 0 Å². The molecular formula is C12H19N3. The predicted molar refractivity (Wildman–Crippen MR) is 62.1 cm³/mol. The first kappa shape index (κ1) is 10.4. The summed E-state index contributed by atoms with van der Waals surface area (Å²) in [4.78, 5) is 9.11. The number of anilines is 1. The monoisotopic (exact) mass is 205 g/mol. The molecule has 0 aromatic carbocycles. The lowest BCUT2D eigenvalue weighted by molar-refractivity contribution is 0.618. The van der Waals surface area contributed by atoms with Crippen molar-refractivity contribution >= 4 is 5.82 Å². The quantitative estimate of drug-likeness (QED) is 0.821. The van der Waals surface area contributed by atoms with Crippen LogP contribution in [0.4, 0.5) is 5.82 Å². The second-order valence-corrected chi connectivity index (χ2v) is 4.72. The fourth-order valence-electron chi connectivity index (χ4n) is 1.69. The van der Waals surface area contributed by atoms with Gasteiger partial charge in [0.2, 0.25) is 0 Å². The van der Waals surface area contributed by atoms with Crippen LogP contribution in [0, 0.1) is 5.92 Å². The van der Waals surface area contributed by atoms with E-state index < -0.39 is 0 Å². The van der Waals surface area contributed by atoms with E-state index in [1.165, 1.54) is 18.5 Å². The van der Waals surface area contributed by atoms with Gasteiger partial charge in [0.15, 0.2) is 0 Å². The average molecular weight is 205 g/mol. The van der Waals surface area contributed by atoms with E-state index in [0.717, 1.165) is 18.1 Å². The topological polar surface area (TPSA) is 37.8 Å². The Kier molecular flexibility index (Phi) is 2.89. The molecule has 3 nitrogen and oxygen atoms in total. The third-order valence-electron chi connectivity index (χ3n) is 2.63. The summed E-state index contributed by atoms with van der Waals surface area (Å²) < 4.78 is 0. The summed E-state index contributed by atoms with van der Waals surface area (Å²) in [6.45, 7) is 4.40. The van der Waals surface area contributed by atoms with Crippen LogP contribution < -0.4 is 5.32 Å². The van der Waals surface area contributed by atoms with Gasteiger partial charge in [-0.15, -0.1) is 0 Å². The molecular weight excluding hydrogens is 186 g/mol. The van der Waals surface area contributed by atoms with Gasteiger partial charge in [0.1, 0.15) is 11.6 Å². The standard InChI is InChI=1S/C12H19N3/c1-8(2)6-12-14-10(9-4-5-9)7-11(13-3)15-12/h7-9H,4-6H2,1-3H3,(H,13,14,15). The predicted octanol–water partition coefficient (Wildman–Crippen LogP) is 2.59. The molecule has 1 N–H and O–H groups in total. The maximum absolute atomic E-state index is 4.63. The third kappa shape index (κ3) is 2.67. The van der Waals surface area contributed by atoms with Crippen LogP contribution in [0.5, 0.6) is 0 Å². The molecule has 82 valence electrons. The van der Waals surface area contributed by atoms with Crippen LogP contribution in [-0.2, 0) is 6.42 Å².